The van der Waals surface area contributed by atoms with Crippen molar-refractivity contribution in [1.29, 1.82) is 0 Å². The number of benzene rings is 2. The van der Waals surface area contributed by atoms with Crippen molar-refractivity contribution in [3.8, 4) is 0 Å². The summed E-state index contributed by atoms with van der Waals surface area (Å²) >= 11 is 5.86. The number of aryl methyl sites for hydroxylation is 2. The molecule has 0 bridgehead atoms. The molecule has 1 aliphatic rings. The summed E-state index contributed by atoms with van der Waals surface area (Å²) in [5, 5.41) is 0.635. The molecule has 1 heterocycles. The highest BCUT2D eigenvalue weighted by Gasteiger charge is 2.28. The third kappa shape index (κ3) is 5.12. The van der Waals surface area contributed by atoms with Crippen LogP contribution in [0.4, 0.5) is 5.69 Å². The van der Waals surface area contributed by atoms with Crippen molar-refractivity contribution in [2.45, 2.75) is 38.0 Å². The molecule has 0 aromatic heterocycles. The normalized spacial score (nSPS) is 16.7. The Morgan fingerprint density at radius 3 is 2.41 bits per heavy atom. The van der Waals surface area contributed by atoms with Crippen LogP contribution in [0.3, 0.4) is 0 Å². The second-order valence-corrected chi connectivity index (χ2v) is 11.5. The summed E-state index contributed by atoms with van der Waals surface area (Å²) < 4.78 is 54.5. The largest absolute Gasteiger partial charge is 0.270 e. The van der Waals surface area contributed by atoms with Gasteiger partial charge in [0.15, 0.2) is 0 Å². The van der Waals surface area contributed by atoms with Crippen molar-refractivity contribution >= 4 is 37.3 Å². The molecule has 0 spiro atoms. The first-order valence-corrected chi connectivity index (χ1v) is 12.9. The van der Waals surface area contributed by atoms with E-state index < -0.39 is 20.0 Å². The van der Waals surface area contributed by atoms with Gasteiger partial charge in [-0.1, -0.05) is 23.7 Å². The Morgan fingerprint density at radius 2 is 1.76 bits per heavy atom. The number of rotatable bonds is 6. The smallest absolute Gasteiger partial charge is 0.240 e. The van der Waals surface area contributed by atoms with E-state index in [0.717, 1.165) is 12.0 Å². The number of hydrogen-bond donors (Lipinski definition) is 1. The molecule has 3 rings (SSSR count). The van der Waals surface area contributed by atoms with E-state index in [4.69, 9.17) is 11.6 Å². The lowest BCUT2D eigenvalue weighted by Gasteiger charge is -2.30. The van der Waals surface area contributed by atoms with Crippen LogP contribution in [-0.4, -0.2) is 35.7 Å². The molecule has 0 amide bonds. The minimum Gasteiger partial charge on any atom is -0.270 e. The predicted molar refractivity (Wildman–Crippen MR) is 117 cm³/mol. The van der Waals surface area contributed by atoms with Gasteiger partial charge in [0, 0.05) is 18.1 Å². The molecule has 6 nitrogen and oxygen atoms in total. The number of nitrogens with zero attached hydrogens (tertiary/aromatic N) is 1. The fourth-order valence-corrected chi connectivity index (χ4v) is 6.61. The number of hydrogen-bond acceptors (Lipinski definition) is 4. The highest BCUT2D eigenvalue weighted by molar-refractivity contribution is 7.92. The van der Waals surface area contributed by atoms with E-state index >= 15 is 0 Å². The van der Waals surface area contributed by atoms with Crippen molar-refractivity contribution in [1.82, 2.24) is 4.72 Å². The van der Waals surface area contributed by atoms with Crippen molar-refractivity contribution in [3.63, 3.8) is 0 Å². The van der Waals surface area contributed by atoms with Crippen LogP contribution in [-0.2, 0) is 26.5 Å². The molecule has 1 fully saturated rings. The highest BCUT2D eigenvalue weighted by Crippen LogP contribution is 2.31. The minimum atomic E-state index is -3.71. The monoisotopic (exact) mass is 456 g/mol. The van der Waals surface area contributed by atoms with Crippen molar-refractivity contribution in [2.24, 2.45) is 0 Å². The molecule has 2 aromatic rings. The average molecular weight is 457 g/mol. The molecule has 2 aromatic carbocycles. The molecule has 0 aliphatic carbocycles. The Labute approximate surface area is 178 Å². The molecule has 9 heteroatoms. The second-order valence-electron chi connectivity index (χ2n) is 7.27. The van der Waals surface area contributed by atoms with Gasteiger partial charge in [0.2, 0.25) is 20.0 Å². The topological polar surface area (TPSA) is 83.6 Å². The number of anilines is 1. The lowest BCUT2D eigenvalue weighted by molar-refractivity contribution is 0.574. The Kier molecular flexibility index (Phi) is 6.57. The third-order valence-corrected chi connectivity index (χ3v) is 8.73. The van der Waals surface area contributed by atoms with Crippen LogP contribution in [0.25, 0.3) is 0 Å². The molecule has 1 saturated heterocycles. The number of sulfonamides is 2. The van der Waals surface area contributed by atoms with Gasteiger partial charge in [-0.2, -0.15) is 0 Å². The van der Waals surface area contributed by atoms with Gasteiger partial charge in [-0.25, -0.2) is 21.6 Å². The molecule has 1 N–H and O–H groups in total. The van der Waals surface area contributed by atoms with Crippen LogP contribution in [0.1, 0.15) is 29.5 Å². The molecule has 0 unspecified atom stereocenters. The summed E-state index contributed by atoms with van der Waals surface area (Å²) in [5.41, 5.74) is 2.68. The van der Waals surface area contributed by atoms with Gasteiger partial charge < -0.3 is 0 Å². The summed E-state index contributed by atoms with van der Waals surface area (Å²) in [4.78, 5) is 0.171. The number of nitrogens with one attached hydrogen (secondary N) is 1. The van der Waals surface area contributed by atoms with Gasteiger partial charge >= 0.3 is 0 Å². The van der Waals surface area contributed by atoms with Gasteiger partial charge in [0.05, 0.1) is 16.3 Å². The zero-order valence-corrected chi connectivity index (χ0v) is 18.9. The molecule has 158 valence electrons. The standard InChI is InChI=1S/C20H25ClN2O4S2/c1-15-14-20(16(2)13-19(15)23-11-3-4-12-28(23,24)25)29(26,27)22-10-9-17-5-7-18(21)8-6-17/h5-8,13-14,22H,3-4,9-12H2,1-2H3. The van der Waals surface area contributed by atoms with Crippen molar-refractivity contribution in [3.05, 3.63) is 58.1 Å². The zero-order chi connectivity index (χ0) is 21.2. The van der Waals surface area contributed by atoms with Gasteiger partial charge in [-0.15, -0.1) is 0 Å². The lowest BCUT2D eigenvalue weighted by atomic mass is 10.1. The van der Waals surface area contributed by atoms with Gasteiger partial charge in [0.1, 0.15) is 0 Å². The average Bonchev–Trinajstić information content (AvgIpc) is 2.64. The van der Waals surface area contributed by atoms with Gasteiger partial charge in [0.25, 0.3) is 0 Å². The molecule has 1 aliphatic heterocycles. The first-order valence-electron chi connectivity index (χ1n) is 9.46. The van der Waals surface area contributed by atoms with Crippen LogP contribution in [0.2, 0.25) is 5.02 Å². The summed E-state index contributed by atoms with van der Waals surface area (Å²) in [6.45, 7) is 4.11. The van der Waals surface area contributed by atoms with Crippen molar-refractivity contribution in [2.75, 3.05) is 23.1 Å². The Bertz CT molecular complexity index is 1100. The third-order valence-electron chi connectivity index (χ3n) is 5.02. The van der Waals surface area contributed by atoms with Crippen LogP contribution in [0.5, 0.6) is 0 Å². The van der Waals surface area contributed by atoms with Gasteiger partial charge in [-0.3, -0.25) is 4.31 Å². The van der Waals surface area contributed by atoms with E-state index in [2.05, 4.69) is 4.72 Å². The minimum absolute atomic E-state index is 0.123. The van der Waals surface area contributed by atoms with E-state index in [-0.39, 0.29) is 17.2 Å². The van der Waals surface area contributed by atoms with E-state index in [1.54, 1.807) is 38.1 Å². The maximum Gasteiger partial charge on any atom is 0.240 e. The number of halogens is 1. The molecule has 0 atom stereocenters. The molecule has 29 heavy (non-hydrogen) atoms. The zero-order valence-electron chi connectivity index (χ0n) is 16.5. The SMILES string of the molecule is Cc1cc(S(=O)(=O)NCCc2ccc(Cl)cc2)c(C)cc1N1CCCCS1(=O)=O. The molecular weight excluding hydrogens is 432 g/mol. The lowest BCUT2D eigenvalue weighted by Crippen LogP contribution is -2.38. The first-order chi connectivity index (χ1) is 13.6. The quantitative estimate of drug-likeness (QED) is 0.721. The van der Waals surface area contributed by atoms with Crippen LogP contribution in [0, 0.1) is 13.8 Å². The molecule has 0 saturated carbocycles. The van der Waals surface area contributed by atoms with Crippen LogP contribution >= 0.6 is 11.6 Å². The van der Waals surface area contributed by atoms with Crippen molar-refractivity contribution < 1.29 is 16.8 Å². The predicted octanol–water partition coefficient (Wildman–Crippen LogP) is 3.41. The summed E-state index contributed by atoms with van der Waals surface area (Å²) in [6.07, 6.45) is 1.99. The first kappa shape index (κ1) is 22.1. The highest BCUT2D eigenvalue weighted by atomic mass is 35.5. The molecule has 0 radical (unpaired) electrons. The fourth-order valence-electron chi connectivity index (χ4n) is 3.45. The Balaban J connectivity index is 1.79. The van der Waals surface area contributed by atoms with E-state index in [1.165, 1.54) is 4.31 Å². The van der Waals surface area contributed by atoms with Gasteiger partial charge in [-0.05, 0) is 74.1 Å². The van der Waals surface area contributed by atoms with E-state index in [9.17, 15) is 16.8 Å². The van der Waals surface area contributed by atoms with E-state index in [0.29, 0.717) is 41.2 Å². The van der Waals surface area contributed by atoms with Crippen LogP contribution in [0.15, 0.2) is 41.3 Å². The summed E-state index contributed by atoms with van der Waals surface area (Å²) in [6, 6.07) is 10.5. The maximum atomic E-state index is 12.8. The Hall–Kier alpha value is -1.61. The summed E-state index contributed by atoms with van der Waals surface area (Å²) in [7, 11) is -7.07. The maximum absolute atomic E-state index is 12.8. The fraction of sp³-hybridized carbons (Fsp3) is 0.400. The Morgan fingerprint density at radius 1 is 1.07 bits per heavy atom. The molecular formula is C20H25ClN2O4S2. The van der Waals surface area contributed by atoms with E-state index in [1.807, 2.05) is 12.1 Å². The summed E-state index contributed by atoms with van der Waals surface area (Å²) in [5.74, 6) is 0.123. The second kappa shape index (κ2) is 8.63. The van der Waals surface area contributed by atoms with Crippen LogP contribution < -0.4 is 9.03 Å².